The number of nitro benzene ring substituents is 1. The molecule has 8 heteroatoms. The lowest BCUT2D eigenvalue weighted by atomic mass is 10.1. The molecule has 0 bridgehead atoms. The number of nitrogens with zero attached hydrogens (tertiary/aromatic N) is 1. The van der Waals surface area contributed by atoms with Crippen molar-refractivity contribution < 1.29 is 19.2 Å². The number of nitro groups is 1. The van der Waals surface area contributed by atoms with Gasteiger partial charge in [-0.3, -0.25) is 19.7 Å². The number of rotatable bonds is 8. The Labute approximate surface area is 167 Å². The maximum Gasteiger partial charge on any atom is 0.307 e. The number of para-hydroxylation sites is 1. The third-order valence-corrected chi connectivity index (χ3v) is 5.12. The van der Waals surface area contributed by atoms with E-state index in [1.807, 2.05) is 26.0 Å². The number of aryl methyl sites for hydroxylation is 3. The molecule has 1 amide bonds. The van der Waals surface area contributed by atoms with E-state index in [1.54, 1.807) is 13.0 Å². The Hall–Kier alpha value is -2.87. The Morgan fingerprint density at radius 1 is 1.11 bits per heavy atom. The van der Waals surface area contributed by atoms with Crippen LogP contribution in [0.3, 0.4) is 0 Å². The van der Waals surface area contributed by atoms with Crippen LogP contribution in [0.1, 0.15) is 23.1 Å². The van der Waals surface area contributed by atoms with Gasteiger partial charge < -0.3 is 10.1 Å². The molecule has 28 heavy (non-hydrogen) atoms. The second-order valence-electron chi connectivity index (χ2n) is 6.28. The minimum absolute atomic E-state index is 0.110. The number of nitrogens with one attached hydrogen (secondary N) is 1. The van der Waals surface area contributed by atoms with Gasteiger partial charge in [-0.25, -0.2) is 0 Å². The summed E-state index contributed by atoms with van der Waals surface area (Å²) < 4.78 is 4.96. The van der Waals surface area contributed by atoms with E-state index in [1.165, 1.54) is 35.0 Å². The van der Waals surface area contributed by atoms with E-state index in [4.69, 9.17) is 4.74 Å². The first-order valence-electron chi connectivity index (χ1n) is 8.67. The van der Waals surface area contributed by atoms with E-state index < -0.39 is 23.4 Å². The molecule has 2 aromatic rings. The predicted octanol–water partition coefficient (Wildman–Crippen LogP) is 4.18. The van der Waals surface area contributed by atoms with Gasteiger partial charge in [0.25, 0.3) is 11.6 Å². The molecule has 1 N–H and O–H groups in total. The molecular weight excluding hydrogens is 380 g/mol. The third kappa shape index (κ3) is 6.09. The molecule has 0 saturated carbocycles. The van der Waals surface area contributed by atoms with Gasteiger partial charge in [-0.1, -0.05) is 18.2 Å². The summed E-state index contributed by atoms with van der Waals surface area (Å²) in [6.07, 6.45) is 0.162. The molecule has 0 fully saturated rings. The number of carbonyl (C=O) groups is 2. The van der Waals surface area contributed by atoms with Gasteiger partial charge in [-0.2, -0.15) is 0 Å². The maximum absolute atomic E-state index is 12.0. The quantitative estimate of drug-likeness (QED) is 0.308. The van der Waals surface area contributed by atoms with Crippen LogP contribution in [0.25, 0.3) is 0 Å². The fourth-order valence-electron chi connectivity index (χ4n) is 2.42. The standard InChI is InChI=1S/C20H22N2O5S/c1-13-7-8-16(11-15(13)3)28-10-9-19(24)27-12-18(23)21-20-14(2)5-4-6-17(20)22(25)26/h4-8,11H,9-10,12H2,1-3H3,(H,21,23). The summed E-state index contributed by atoms with van der Waals surface area (Å²) in [5, 5.41) is 13.5. The number of hydrogen-bond donors (Lipinski definition) is 1. The van der Waals surface area contributed by atoms with Crippen molar-refractivity contribution in [2.75, 3.05) is 17.7 Å². The van der Waals surface area contributed by atoms with Crippen LogP contribution in [-0.2, 0) is 14.3 Å². The maximum atomic E-state index is 12.0. The molecule has 0 unspecified atom stereocenters. The molecule has 0 spiro atoms. The highest BCUT2D eigenvalue weighted by Gasteiger charge is 2.18. The highest BCUT2D eigenvalue weighted by Crippen LogP contribution is 2.27. The monoisotopic (exact) mass is 402 g/mol. The van der Waals surface area contributed by atoms with Crippen LogP contribution in [0.15, 0.2) is 41.3 Å². The summed E-state index contributed by atoms with van der Waals surface area (Å²) in [4.78, 5) is 35.4. The molecular formula is C20H22N2O5S. The van der Waals surface area contributed by atoms with Gasteiger partial charge in [0.1, 0.15) is 5.69 Å². The van der Waals surface area contributed by atoms with Gasteiger partial charge in [0.15, 0.2) is 6.61 Å². The zero-order valence-electron chi connectivity index (χ0n) is 16.0. The minimum atomic E-state index is -0.618. The first-order chi connectivity index (χ1) is 13.3. The molecule has 0 aromatic heterocycles. The van der Waals surface area contributed by atoms with Crippen LogP contribution >= 0.6 is 11.8 Å². The van der Waals surface area contributed by atoms with Crippen LogP contribution in [0, 0.1) is 30.9 Å². The van der Waals surface area contributed by atoms with Crippen molar-refractivity contribution in [1.29, 1.82) is 0 Å². The van der Waals surface area contributed by atoms with Gasteiger partial charge in [-0.05, 0) is 49.6 Å². The Morgan fingerprint density at radius 3 is 2.54 bits per heavy atom. The normalized spacial score (nSPS) is 10.4. The van der Waals surface area contributed by atoms with E-state index in [2.05, 4.69) is 11.4 Å². The Bertz CT molecular complexity index is 898. The minimum Gasteiger partial charge on any atom is -0.456 e. The number of hydrogen-bond acceptors (Lipinski definition) is 6. The number of carbonyl (C=O) groups excluding carboxylic acids is 2. The molecule has 0 atom stereocenters. The van der Waals surface area contributed by atoms with E-state index in [0.717, 1.165) is 4.90 Å². The molecule has 2 aromatic carbocycles. The third-order valence-electron chi connectivity index (χ3n) is 4.13. The van der Waals surface area contributed by atoms with E-state index in [-0.39, 0.29) is 17.8 Å². The average molecular weight is 402 g/mol. The topological polar surface area (TPSA) is 98.5 Å². The molecule has 0 saturated heterocycles. The largest absolute Gasteiger partial charge is 0.456 e. The van der Waals surface area contributed by atoms with E-state index >= 15 is 0 Å². The highest BCUT2D eigenvalue weighted by molar-refractivity contribution is 7.99. The van der Waals surface area contributed by atoms with Crippen molar-refractivity contribution in [1.82, 2.24) is 0 Å². The fraction of sp³-hybridized carbons (Fsp3) is 0.300. The highest BCUT2D eigenvalue weighted by atomic mass is 32.2. The summed E-state index contributed by atoms with van der Waals surface area (Å²) >= 11 is 1.54. The summed E-state index contributed by atoms with van der Waals surface area (Å²) in [5.74, 6) is -0.579. The Balaban J connectivity index is 1.79. The van der Waals surface area contributed by atoms with Crippen molar-refractivity contribution in [3.63, 3.8) is 0 Å². The molecule has 0 heterocycles. The second kappa shape index (κ2) is 9.89. The Kier molecular flexibility index (Phi) is 7.57. The molecule has 0 aliphatic heterocycles. The summed E-state index contributed by atoms with van der Waals surface area (Å²) in [7, 11) is 0. The average Bonchev–Trinajstić information content (AvgIpc) is 2.64. The molecule has 148 valence electrons. The first kappa shape index (κ1) is 21.4. The molecule has 0 aliphatic rings. The number of thioether (sulfide) groups is 1. The zero-order chi connectivity index (χ0) is 20.7. The SMILES string of the molecule is Cc1ccc(SCCC(=O)OCC(=O)Nc2c(C)cccc2[N+](=O)[O-])cc1C. The second-order valence-corrected chi connectivity index (χ2v) is 7.45. The Morgan fingerprint density at radius 2 is 1.86 bits per heavy atom. The lowest BCUT2D eigenvalue weighted by molar-refractivity contribution is -0.384. The van der Waals surface area contributed by atoms with Crippen LogP contribution < -0.4 is 5.32 Å². The number of amides is 1. The lowest BCUT2D eigenvalue weighted by Crippen LogP contribution is -2.22. The van der Waals surface area contributed by atoms with Crippen molar-refractivity contribution >= 4 is 35.0 Å². The van der Waals surface area contributed by atoms with Crippen molar-refractivity contribution in [2.45, 2.75) is 32.1 Å². The van der Waals surface area contributed by atoms with Crippen molar-refractivity contribution in [3.05, 3.63) is 63.2 Å². The van der Waals surface area contributed by atoms with Crippen LogP contribution in [0.4, 0.5) is 11.4 Å². The predicted molar refractivity (Wildman–Crippen MR) is 109 cm³/mol. The van der Waals surface area contributed by atoms with Gasteiger partial charge in [0.2, 0.25) is 0 Å². The molecule has 2 rings (SSSR count). The van der Waals surface area contributed by atoms with Gasteiger partial charge >= 0.3 is 5.97 Å². The van der Waals surface area contributed by atoms with Gasteiger partial charge in [-0.15, -0.1) is 11.8 Å². The van der Waals surface area contributed by atoms with Crippen LogP contribution in [-0.4, -0.2) is 29.2 Å². The number of benzene rings is 2. The van der Waals surface area contributed by atoms with Crippen molar-refractivity contribution in [3.8, 4) is 0 Å². The van der Waals surface area contributed by atoms with E-state index in [9.17, 15) is 19.7 Å². The summed E-state index contributed by atoms with van der Waals surface area (Å²) in [6.45, 7) is 5.24. The van der Waals surface area contributed by atoms with E-state index in [0.29, 0.717) is 11.3 Å². The molecule has 0 radical (unpaired) electrons. The fourth-order valence-corrected chi connectivity index (χ4v) is 3.35. The lowest BCUT2D eigenvalue weighted by Gasteiger charge is -2.09. The molecule has 0 aliphatic carbocycles. The smallest absolute Gasteiger partial charge is 0.307 e. The van der Waals surface area contributed by atoms with Crippen LogP contribution in [0.2, 0.25) is 0 Å². The molecule has 7 nitrogen and oxygen atoms in total. The van der Waals surface area contributed by atoms with Gasteiger partial charge in [0.05, 0.1) is 11.3 Å². The summed E-state index contributed by atoms with van der Waals surface area (Å²) in [6, 6.07) is 10.6. The number of esters is 1. The van der Waals surface area contributed by atoms with Crippen LogP contribution in [0.5, 0.6) is 0 Å². The van der Waals surface area contributed by atoms with Crippen molar-refractivity contribution in [2.24, 2.45) is 0 Å². The number of anilines is 1. The zero-order valence-corrected chi connectivity index (χ0v) is 16.8. The summed E-state index contributed by atoms with van der Waals surface area (Å²) in [5.41, 5.74) is 2.86. The number of ether oxygens (including phenoxy) is 1. The van der Waals surface area contributed by atoms with Gasteiger partial charge in [0, 0.05) is 16.7 Å². The first-order valence-corrected chi connectivity index (χ1v) is 9.66.